The Balaban J connectivity index is 2.31. The number of benzene rings is 1. The van der Waals surface area contributed by atoms with Crippen molar-refractivity contribution in [2.45, 2.75) is 39.2 Å². The molecule has 2 aromatic rings. The van der Waals surface area contributed by atoms with E-state index >= 15 is 0 Å². The van der Waals surface area contributed by atoms with Gasteiger partial charge in [0.2, 0.25) is 0 Å². The van der Waals surface area contributed by atoms with E-state index in [0.717, 1.165) is 19.4 Å². The second kappa shape index (κ2) is 7.25. The fourth-order valence-corrected chi connectivity index (χ4v) is 2.54. The van der Waals surface area contributed by atoms with Gasteiger partial charge in [-0.3, -0.25) is 0 Å². The molecular formula is C17H25N3. The van der Waals surface area contributed by atoms with Crippen molar-refractivity contribution in [1.29, 1.82) is 0 Å². The monoisotopic (exact) mass is 271 g/mol. The molecule has 0 spiro atoms. The van der Waals surface area contributed by atoms with Gasteiger partial charge in [-0.25, -0.2) is 4.98 Å². The van der Waals surface area contributed by atoms with E-state index in [1.165, 1.54) is 23.2 Å². The van der Waals surface area contributed by atoms with E-state index in [9.17, 15) is 0 Å². The lowest BCUT2D eigenvalue weighted by Crippen LogP contribution is -2.25. The van der Waals surface area contributed by atoms with Crippen LogP contribution in [0.25, 0.3) is 0 Å². The van der Waals surface area contributed by atoms with Gasteiger partial charge in [-0.05, 0) is 30.5 Å². The number of nitrogens with zero attached hydrogens (tertiary/aromatic N) is 2. The molecule has 0 radical (unpaired) electrons. The summed E-state index contributed by atoms with van der Waals surface area (Å²) >= 11 is 0. The molecule has 3 heteroatoms. The molecule has 1 atom stereocenters. The Morgan fingerprint density at radius 1 is 1.25 bits per heavy atom. The van der Waals surface area contributed by atoms with Crippen molar-refractivity contribution >= 4 is 0 Å². The highest BCUT2D eigenvalue weighted by atomic mass is 15.1. The number of imidazole rings is 1. The molecule has 20 heavy (non-hydrogen) atoms. The standard InChI is InChI=1S/C17H25N3/c1-4-7-14-8-6-9-15(11-14)17(19-10-5-2)16-12-18-13-20(16)3/h6,8-9,11-13,17,19H,4-5,7,10H2,1-3H3. The molecule has 1 heterocycles. The molecular weight excluding hydrogens is 246 g/mol. The molecule has 1 N–H and O–H groups in total. The number of aryl methyl sites for hydroxylation is 2. The molecule has 1 aromatic heterocycles. The predicted octanol–water partition coefficient (Wildman–Crippen LogP) is 3.46. The van der Waals surface area contributed by atoms with Gasteiger partial charge in [0.15, 0.2) is 0 Å². The lowest BCUT2D eigenvalue weighted by atomic mass is 9.99. The van der Waals surface area contributed by atoms with Gasteiger partial charge in [0.05, 0.1) is 24.3 Å². The fourth-order valence-electron chi connectivity index (χ4n) is 2.54. The van der Waals surface area contributed by atoms with Gasteiger partial charge in [-0.15, -0.1) is 0 Å². The zero-order valence-electron chi connectivity index (χ0n) is 12.8. The maximum Gasteiger partial charge on any atom is 0.0946 e. The summed E-state index contributed by atoms with van der Waals surface area (Å²) in [6.07, 6.45) is 7.27. The first-order valence-corrected chi connectivity index (χ1v) is 7.54. The highest BCUT2D eigenvalue weighted by Gasteiger charge is 2.16. The molecule has 2 rings (SSSR count). The second-order valence-corrected chi connectivity index (χ2v) is 5.31. The summed E-state index contributed by atoms with van der Waals surface area (Å²) in [5, 5.41) is 3.64. The van der Waals surface area contributed by atoms with Crippen LogP contribution in [0.4, 0.5) is 0 Å². The summed E-state index contributed by atoms with van der Waals surface area (Å²) in [6.45, 7) is 5.43. The fraction of sp³-hybridized carbons (Fsp3) is 0.471. The van der Waals surface area contributed by atoms with Crippen LogP contribution < -0.4 is 5.32 Å². The van der Waals surface area contributed by atoms with Crippen molar-refractivity contribution in [2.24, 2.45) is 7.05 Å². The van der Waals surface area contributed by atoms with E-state index in [2.05, 4.69) is 60.0 Å². The minimum atomic E-state index is 0.222. The maximum absolute atomic E-state index is 4.26. The second-order valence-electron chi connectivity index (χ2n) is 5.31. The molecule has 3 nitrogen and oxygen atoms in total. The van der Waals surface area contributed by atoms with Crippen LogP contribution in [0.5, 0.6) is 0 Å². The van der Waals surface area contributed by atoms with Crippen molar-refractivity contribution in [3.05, 3.63) is 53.6 Å². The molecule has 0 fully saturated rings. The Hall–Kier alpha value is -1.61. The molecule has 0 aliphatic rings. The first-order chi connectivity index (χ1) is 9.76. The van der Waals surface area contributed by atoms with E-state index < -0.39 is 0 Å². The molecule has 0 aliphatic carbocycles. The van der Waals surface area contributed by atoms with Crippen LogP contribution in [0.3, 0.4) is 0 Å². The molecule has 0 bridgehead atoms. The van der Waals surface area contributed by atoms with Crippen molar-refractivity contribution in [2.75, 3.05) is 6.54 Å². The van der Waals surface area contributed by atoms with Crippen LogP contribution in [0.15, 0.2) is 36.8 Å². The van der Waals surface area contributed by atoms with Gasteiger partial charge in [0.25, 0.3) is 0 Å². The van der Waals surface area contributed by atoms with Crippen LogP contribution in [0.1, 0.15) is 49.6 Å². The largest absolute Gasteiger partial charge is 0.336 e. The Morgan fingerprint density at radius 3 is 2.75 bits per heavy atom. The zero-order chi connectivity index (χ0) is 14.4. The van der Waals surface area contributed by atoms with Crippen molar-refractivity contribution < 1.29 is 0 Å². The molecule has 1 aromatic carbocycles. The van der Waals surface area contributed by atoms with E-state index in [1.54, 1.807) is 0 Å². The van der Waals surface area contributed by atoms with Gasteiger partial charge in [0.1, 0.15) is 0 Å². The van der Waals surface area contributed by atoms with Gasteiger partial charge in [-0.1, -0.05) is 44.5 Å². The van der Waals surface area contributed by atoms with Crippen LogP contribution in [0, 0.1) is 0 Å². The summed E-state index contributed by atoms with van der Waals surface area (Å²) in [5.41, 5.74) is 3.95. The van der Waals surface area contributed by atoms with Gasteiger partial charge >= 0.3 is 0 Å². The first-order valence-electron chi connectivity index (χ1n) is 7.54. The first kappa shape index (κ1) is 14.8. The topological polar surface area (TPSA) is 29.9 Å². The summed E-state index contributed by atoms with van der Waals surface area (Å²) in [7, 11) is 2.05. The van der Waals surface area contributed by atoms with Crippen molar-refractivity contribution in [1.82, 2.24) is 14.9 Å². The van der Waals surface area contributed by atoms with Crippen LogP contribution in [0.2, 0.25) is 0 Å². The van der Waals surface area contributed by atoms with Crippen molar-refractivity contribution in [3.8, 4) is 0 Å². The number of nitrogens with one attached hydrogen (secondary N) is 1. The third kappa shape index (κ3) is 3.48. The zero-order valence-corrected chi connectivity index (χ0v) is 12.8. The molecule has 0 aliphatic heterocycles. The molecule has 1 unspecified atom stereocenters. The van der Waals surface area contributed by atoms with Crippen LogP contribution in [-0.2, 0) is 13.5 Å². The summed E-state index contributed by atoms with van der Waals surface area (Å²) < 4.78 is 2.10. The minimum Gasteiger partial charge on any atom is -0.336 e. The van der Waals surface area contributed by atoms with Gasteiger partial charge in [-0.2, -0.15) is 0 Å². The average Bonchev–Trinajstić information content (AvgIpc) is 2.87. The SMILES string of the molecule is CCCNC(c1cccc(CCC)c1)c1cncn1C. The quantitative estimate of drug-likeness (QED) is 0.835. The Kier molecular flexibility index (Phi) is 5.36. The van der Waals surface area contributed by atoms with E-state index in [-0.39, 0.29) is 6.04 Å². The third-order valence-electron chi connectivity index (χ3n) is 3.57. The Labute approximate surface area is 122 Å². The molecule has 108 valence electrons. The maximum atomic E-state index is 4.26. The Morgan fingerprint density at radius 2 is 2.10 bits per heavy atom. The van der Waals surface area contributed by atoms with E-state index in [1.807, 2.05) is 12.5 Å². The number of hydrogen-bond donors (Lipinski definition) is 1. The predicted molar refractivity (Wildman–Crippen MR) is 83.8 cm³/mol. The Bertz CT molecular complexity index is 531. The van der Waals surface area contributed by atoms with Crippen molar-refractivity contribution in [3.63, 3.8) is 0 Å². The normalized spacial score (nSPS) is 12.6. The summed E-state index contributed by atoms with van der Waals surface area (Å²) in [6, 6.07) is 9.13. The van der Waals surface area contributed by atoms with Crippen LogP contribution >= 0.6 is 0 Å². The smallest absolute Gasteiger partial charge is 0.0946 e. The number of hydrogen-bond acceptors (Lipinski definition) is 2. The molecule has 0 saturated heterocycles. The molecule has 0 amide bonds. The van der Waals surface area contributed by atoms with E-state index in [0.29, 0.717) is 0 Å². The van der Waals surface area contributed by atoms with Gasteiger partial charge in [0, 0.05) is 7.05 Å². The lowest BCUT2D eigenvalue weighted by Gasteiger charge is -2.20. The minimum absolute atomic E-state index is 0.222. The highest BCUT2D eigenvalue weighted by Crippen LogP contribution is 2.22. The van der Waals surface area contributed by atoms with Crippen LogP contribution in [-0.4, -0.2) is 16.1 Å². The third-order valence-corrected chi connectivity index (χ3v) is 3.57. The highest BCUT2D eigenvalue weighted by molar-refractivity contribution is 5.31. The molecule has 0 saturated carbocycles. The number of aromatic nitrogens is 2. The summed E-state index contributed by atoms with van der Waals surface area (Å²) in [4.78, 5) is 4.26. The van der Waals surface area contributed by atoms with Gasteiger partial charge < -0.3 is 9.88 Å². The number of rotatable bonds is 7. The van der Waals surface area contributed by atoms with E-state index in [4.69, 9.17) is 0 Å². The summed E-state index contributed by atoms with van der Waals surface area (Å²) in [5.74, 6) is 0. The average molecular weight is 271 g/mol. The lowest BCUT2D eigenvalue weighted by molar-refractivity contribution is 0.569.